The number of hydrogen-bond acceptors (Lipinski definition) is 2. The van der Waals surface area contributed by atoms with Crippen LogP contribution in [0.5, 0.6) is 0 Å². The molecule has 0 fully saturated rings. The number of nitrogens with one attached hydrogen (secondary N) is 1. The van der Waals surface area contributed by atoms with Crippen molar-refractivity contribution in [2.45, 2.75) is 6.92 Å². The normalized spacial score (nSPS) is 10.3. The number of carbonyl (C=O) groups excluding carboxylic acids is 1. The van der Waals surface area contributed by atoms with Crippen LogP contribution in [0.4, 0.5) is 5.69 Å². The monoisotopic (exact) mass is 293 g/mol. The van der Waals surface area contributed by atoms with Gasteiger partial charge in [-0.2, -0.15) is 0 Å². The summed E-state index contributed by atoms with van der Waals surface area (Å²) in [5, 5.41) is 2.78. The first kappa shape index (κ1) is 13.6. The van der Waals surface area contributed by atoms with Crippen LogP contribution >= 0.6 is 11.3 Å². The Balaban J connectivity index is 1.85. The van der Waals surface area contributed by atoms with Crippen molar-refractivity contribution >= 4 is 22.9 Å². The van der Waals surface area contributed by atoms with Gasteiger partial charge in [0, 0.05) is 22.4 Å². The second-order valence-corrected chi connectivity index (χ2v) is 5.87. The van der Waals surface area contributed by atoms with Crippen LogP contribution in [0.25, 0.3) is 20.9 Å². The highest BCUT2D eigenvalue weighted by molar-refractivity contribution is 7.18. The summed E-state index contributed by atoms with van der Waals surface area (Å²) >= 11 is 1.77. The third-order valence-electron chi connectivity index (χ3n) is 3.15. The lowest BCUT2D eigenvalue weighted by Crippen LogP contribution is -2.05. The Morgan fingerprint density at radius 2 is 1.38 bits per heavy atom. The van der Waals surface area contributed by atoms with E-state index in [1.165, 1.54) is 22.2 Å². The van der Waals surface area contributed by atoms with E-state index < -0.39 is 0 Å². The van der Waals surface area contributed by atoms with Gasteiger partial charge in [0.1, 0.15) is 0 Å². The summed E-state index contributed by atoms with van der Waals surface area (Å²) in [7, 11) is 0. The summed E-state index contributed by atoms with van der Waals surface area (Å²) in [6, 6.07) is 22.6. The van der Waals surface area contributed by atoms with Crippen LogP contribution in [-0.2, 0) is 4.79 Å². The van der Waals surface area contributed by atoms with Crippen LogP contribution in [-0.4, -0.2) is 5.91 Å². The topological polar surface area (TPSA) is 29.1 Å². The Bertz CT molecular complexity index is 744. The smallest absolute Gasteiger partial charge is 0.221 e. The Morgan fingerprint density at radius 1 is 0.810 bits per heavy atom. The van der Waals surface area contributed by atoms with Gasteiger partial charge < -0.3 is 5.32 Å². The molecule has 0 aliphatic heterocycles. The van der Waals surface area contributed by atoms with E-state index in [-0.39, 0.29) is 5.91 Å². The molecule has 0 unspecified atom stereocenters. The molecule has 0 radical (unpaired) electrons. The number of carbonyl (C=O) groups is 1. The van der Waals surface area contributed by atoms with E-state index in [1.807, 2.05) is 30.3 Å². The summed E-state index contributed by atoms with van der Waals surface area (Å²) in [5.41, 5.74) is 3.23. The van der Waals surface area contributed by atoms with Crippen molar-refractivity contribution in [2.24, 2.45) is 0 Å². The molecule has 0 atom stereocenters. The molecular formula is C18H15NOS. The molecule has 21 heavy (non-hydrogen) atoms. The zero-order chi connectivity index (χ0) is 14.7. The molecule has 0 aliphatic rings. The first-order valence-corrected chi connectivity index (χ1v) is 7.57. The van der Waals surface area contributed by atoms with Crippen molar-refractivity contribution in [3.05, 3.63) is 66.7 Å². The Kier molecular flexibility index (Phi) is 3.84. The first-order valence-electron chi connectivity index (χ1n) is 6.76. The highest BCUT2D eigenvalue weighted by Gasteiger charge is 2.05. The van der Waals surface area contributed by atoms with E-state index in [0.29, 0.717) is 0 Å². The van der Waals surface area contributed by atoms with Gasteiger partial charge in [-0.1, -0.05) is 42.5 Å². The number of anilines is 1. The molecule has 0 bridgehead atoms. The van der Waals surface area contributed by atoms with Crippen molar-refractivity contribution in [2.75, 3.05) is 5.32 Å². The zero-order valence-electron chi connectivity index (χ0n) is 11.7. The molecule has 1 amide bonds. The summed E-state index contributed by atoms with van der Waals surface area (Å²) in [6.07, 6.45) is 0. The van der Waals surface area contributed by atoms with E-state index in [2.05, 4.69) is 41.7 Å². The van der Waals surface area contributed by atoms with E-state index in [0.717, 1.165) is 11.3 Å². The summed E-state index contributed by atoms with van der Waals surface area (Å²) in [6.45, 7) is 1.51. The van der Waals surface area contributed by atoms with Crippen molar-refractivity contribution in [1.82, 2.24) is 0 Å². The van der Waals surface area contributed by atoms with Gasteiger partial charge in [-0.15, -0.1) is 11.3 Å². The second-order valence-electron chi connectivity index (χ2n) is 4.79. The van der Waals surface area contributed by atoms with E-state index >= 15 is 0 Å². The van der Waals surface area contributed by atoms with Crippen LogP contribution < -0.4 is 5.32 Å². The lowest BCUT2D eigenvalue weighted by atomic mass is 10.1. The fourth-order valence-corrected chi connectivity index (χ4v) is 3.19. The Morgan fingerprint density at radius 3 is 1.95 bits per heavy atom. The van der Waals surface area contributed by atoms with Gasteiger partial charge in [0.15, 0.2) is 0 Å². The molecule has 1 N–H and O–H groups in total. The number of benzene rings is 2. The van der Waals surface area contributed by atoms with Gasteiger partial charge in [-0.3, -0.25) is 4.79 Å². The molecule has 0 saturated heterocycles. The maximum absolute atomic E-state index is 11.0. The van der Waals surface area contributed by atoms with Gasteiger partial charge in [0.05, 0.1) is 0 Å². The molecule has 1 heterocycles. The van der Waals surface area contributed by atoms with Gasteiger partial charge in [-0.05, 0) is 35.4 Å². The number of hydrogen-bond donors (Lipinski definition) is 1. The minimum Gasteiger partial charge on any atom is -0.326 e. The van der Waals surface area contributed by atoms with E-state index in [4.69, 9.17) is 0 Å². The predicted molar refractivity (Wildman–Crippen MR) is 89.5 cm³/mol. The average Bonchev–Trinajstić information content (AvgIpc) is 2.98. The molecule has 3 rings (SSSR count). The molecular weight excluding hydrogens is 278 g/mol. The Hall–Kier alpha value is -2.39. The molecule has 2 aromatic carbocycles. The molecule has 104 valence electrons. The maximum atomic E-state index is 11.0. The van der Waals surface area contributed by atoms with Crippen LogP contribution in [0.3, 0.4) is 0 Å². The summed E-state index contributed by atoms with van der Waals surface area (Å²) in [4.78, 5) is 13.5. The molecule has 3 aromatic rings. The minimum atomic E-state index is -0.0507. The van der Waals surface area contributed by atoms with E-state index in [9.17, 15) is 4.79 Å². The highest BCUT2D eigenvalue weighted by atomic mass is 32.1. The van der Waals surface area contributed by atoms with Crippen LogP contribution in [0.15, 0.2) is 66.7 Å². The molecule has 1 aromatic heterocycles. The van der Waals surface area contributed by atoms with Crippen molar-refractivity contribution in [3.8, 4) is 20.9 Å². The lowest BCUT2D eigenvalue weighted by molar-refractivity contribution is -0.114. The second kappa shape index (κ2) is 5.94. The van der Waals surface area contributed by atoms with Crippen LogP contribution in [0.1, 0.15) is 6.92 Å². The van der Waals surface area contributed by atoms with Gasteiger partial charge >= 0.3 is 0 Å². The summed E-state index contributed by atoms with van der Waals surface area (Å²) < 4.78 is 0. The first-order chi connectivity index (χ1) is 10.2. The fraction of sp³-hybridized carbons (Fsp3) is 0.0556. The van der Waals surface area contributed by atoms with Crippen molar-refractivity contribution in [1.29, 1.82) is 0 Å². The summed E-state index contributed by atoms with van der Waals surface area (Å²) in [5.74, 6) is -0.0507. The SMILES string of the molecule is CC(=O)Nc1ccc(-c2ccc(-c3ccccc3)s2)cc1. The third kappa shape index (κ3) is 3.20. The number of amides is 1. The lowest BCUT2D eigenvalue weighted by Gasteiger charge is -2.03. The van der Waals surface area contributed by atoms with Gasteiger partial charge in [0.2, 0.25) is 5.91 Å². The fourth-order valence-electron chi connectivity index (χ4n) is 2.17. The third-order valence-corrected chi connectivity index (χ3v) is 4.34. The number of thiophene rings is 1. The zero-order valence-corrected chi connectivity index (χ0v) is 12.5. The molecule has 0 saturated carbocycles. The van der Waals surface area contributed by atoms with Gasteiger partial charge in [-0.25, -0.2) is 0 Å². The van der Waals surface area contributed by atoms with Crippen LogP contribution in [0.2, 0.25) is 0 Å². The predicted octanol–water partition coefficient (Wildman–Crippen LogP) is 5.04. The minimum absolute atomic E-state index is 0.0507. The molecule has 2 nitrogen and oxygen atoms in total. The number of rotatable bonds is 3. The standard InChI is InChI=1S/C18H15NOS/c1-13(20)19-16-9-7-15(8-10-16)18-12-11-17(21-18)14-5-3-2-4-6-14/h2-12H,1H3,(H,19,20). The highest BCUT2D eigenvalue weighted by Crippen LogP contribution is 2.34. The molecule has 3 heteroatoms. The van der Waals surface area contributed by atoms with Crippen LogP contribution in [0, 0.1) is 0 Å². The van der Waals surface area contributed by atoms with Crippen molar-refractivity contribution in [3.63, 3.8) is 0 Å². The molecule has 0 aliphatic carbocycles. The van der Waals surface area contributed by atoms with Gasteiger partial charge in [0.25, 0.3) is 0 Å². The average molecular weight is 293 g/mol. The van der Waals surface area contributed by atoms with Crippen molar-refractivity contribution < 1.29 is 4.79 Å². The Labute approximate surface area is 128 Å². The largest absolute Gasteiger partial charge is 0.326 e. The quantitative estimate of drug-likeness (QED) is 0.720. The van der Waals surface area contributed by atoms with E-state index in [1.54, 1.807) is 11.3 Å². The molecule has 0 spiro atoms. The maximum Gasteiger partial charge on any atom is 0.221 e.